The third-order valence-electron chi connectivity index (χ3n) is 3.96. The van der Waals surface area contributed by atoms with Crippen LogP contribution in [0.1, 0.15) is 52.4 Å². The van der Waals surface area contributed by atoms with Gasteiger partial charge >= 0.3 is 0 Å². The summed E-state index contributed by atoms with van der Waals surface area (Å²) in [6.07, 6.45) is 8.56. The van der Waals surface area contributed by atoms with Crippen LogP contribution in [0.4, 0.5) is 0 Å². The zero-order chi connectivity index (χ0) is 13.6. The minimum Gasteiger partial charge on any atom is -0.314 e. The molecule has 1 rings (SSSR count). The highest BCUT2D eigenvalue weighted by Crippen LogP contribution is 2.31. The summed E-state index contributed by atoms with van der Waals surface area (Å²) in [7, 11) is -2.81. The van der Waals surface area contributed by atoms with Gasteiger partial charge in [0.05, 0.1) is 5.75 Å². The molecule has 0 spiro atoms. The molecule has 108 valence electrons. The van der Waals surface area contributed by atoms with Gasteiger partial charge in [-0.1, -0.05) is 39.5 Å². The van der Waals surface area contributed by atoms with E-state index in [0.29, 0.717) is 23.6 Å². The van der Waals surface area contributed by atoms with Crippen LogP contribution < -0.4 is 5.32 Å². The molecule has 0 saturated heterocycles. The lowest BCUT2D eigenvalue weighted by Gasteiger charge is -2.26. The molecular weight excluding hydrogens is 246 g/mol. The minimum absolute atomic E-state index is 0.357. The second-order valence-corrected chi connectivity index (χ2v) is 8.40. The number of hydrogen-bond donors (Lipinski definition) is 1. The van der Waals surface area contributed by atoms with Crippen LogP contribution in [0.15, 0.2) is 0 Å². The molecule has 0 aromatic heterocycles. The predicted molar refractivity (Wildman–Crippen MR) is 77.5 cm³/mol. The summed E-state index contributed by atoms with van der Waals surface area (Å²) in [5.41, 5.74) is 0. The summed E-state index contributed by atoms with van der Waals surface area (Å²) in [4.78, 5) is 0. The molecule has 0 amide bonds. The first-order valence-corrected chi connectivity index (χ1v) is 9.35. The van der Waals surface area contributed by atoms with Crippen molar-refractivity contribution in [3.63, 3.8) is 0 Å². The van der Waals surface area contributed by atoms with E-state index in [1.54, 1.807) is 0 Å². The second-order valence-electron chi connectivity index (χ2n) is 6.14. The van der Waals surface area contributed by atoms with Crippen molar-refractivity contribution in [2.45, 2.75) is 58.4 Å². The van der Waals surface area contributed by atoms with Crippen molar-refractivity contribution in [1.82, 2.24) is 5.32 Å². The highest BCUT2D eigenvalue weighted by Gasteiger charge is 2.24. The first-order chi connectivity index (χ1) is 8.38. The largest absolute Gasteiger partial charge is 0.314 e. The van der Waals surface area contributed by atoms with Crippen LogP contribution in [-0.2, 0) is 9.84 Å². The molecule has 4 heteroatoms. The van der Waals surface area contributed by atoms with E-state index < -0.39 is 9.84 Å². The van der Waals surface area contributed by atoms with E-state index >= 15 is 0 Å². The molecule has 0 aliphatic heterocycles. The SMILES string of the molecule is CC(C)NCC1CCCCCC1CCS(C)(=O)=O. The zero-order valence-corrected chi connectivity index (χ0v) is 12.9. The highest BCUT2D eigenvalue weighted by atomic mass is 32.2. The molecular formula is C14H29NO2S. The summed E-state index contributed by atoms with van der Waals surface area (Å²) in [6, 6.07) is 0.517. The summed E-state index contributed by atoms with van der Waals surface area (Å²) < 4.78 is 22.6. The Morgan fingerprint density at radius 2 is 1.72 bits per heavy atom. The Labute approximate surface area is 113 Å². The van der Waals surface area contributed by atoms with Crippen molar-refractivity contribution < 1.29 is 8.42 Å². The molecule has 1 saturated carbocycles. The van der Waals surface area contributed by atoms with E-state index in [9.17, 15) is 8.42 Å². The minimum atomic E-state index is -2.81. The normalized spacial score (nSPS) is 26.2. The van der Waals surface area contributed by atoms with Crippen molar-refractivity contribution >= 4 is 9.84 Å². The van der Waals surface area contributed by atoms with Crippen LogP contribution in [0.2, 0.25) is 0 Å². The summed E-state index contributed by atoms with van der Waals surface area (Å²) in [6.45, 7) is 5.39. The topological polar surface area (TPSA) is 46.2 Å². The molecule has 1 aliphatic carbocycles. The molecule has 0 radical (unpaired) electrons. The van der Waals surface area contributed by atoms with Crippen molar-refractivity contribution in [3.05, 3.63) is 0 Å². The highest BCUT2D eigenvalue weighted by molar-refractivity contribution is 7.90. The Balaban J connectivity index is 2.51. The molecule has 1 aliphatic rings. The first kappa shape index (κ1) is 16.0. The first-order valence-electron chi connectivity index (χ1n) is 7.29. The Morgan fingerprint density at radius 1 is 1.11 bits per heavy atom. The lowest BCUT2D eigenvalue weighted by molar-refractivity contribution is 0.286. The average Bonchev–Trinajstić information content (AvgIpc) is 2.47. The zero-order valence-electron chi connectivity index (χ0n) is 12.1. The van der Waals surface area contributed by atoms with Gasteiger partial charge in [0.15, 0.2) is 0 Å². The number of rotatable bonds is 6. The number of hydrogen-bond acceptors (Lipinski definition) is 3. The van der Waals surface area contributed by atoms with Gasteiger partial charge in [-0.05, 0) is 31.2 Å². The summed E-state index contributed by atoms with van der Waals surface area (Å²) in [5, 5.41) is 3.52. The van der Waals surface area contributed by atoms with E-state index in [0.717, 1.165) is 13.0 Å². The monoisotopic (exact) mass is 275 g/mol. The Hall–Kier alpha value is -0.0900. The van der Waals surface area contributed by atoms with Gasteiger partial charge in [0.25, 0.3) is 0 Å². The molecule has 0 bridgehead atoms. The number of sulfone groups is 1. The van der Waals surface area contributed by atoms with Crippen molar-refractivity contribution in [1.29, 1.82) is 0 Å². The van der Waals surface area contributed by atoms with Crippen LogP contribution in [-0.4, -0.2) is 33.0 Å². The maximum atomic E-state index is 11.3. The Kier molecular flexibility index (Phi) is 6.64. The van der Waals surface area contributed by atoms with Crippen LogP contribution in [0.3, 0.4) is 0 Å². The van der Waals surface area contributed by atoms with Crippen molar-refractivity contribution in [2.24, 2.45) is 11.8 Å². The Bertz CT molecular complexity index is 325. The molecule has 18 heavy (non-hydrogen) atoms. The van der Waals surface area contributed by atoms with Gasteiger partial charge in [-0.25, -0.2) is 8.42 Å². The predicted octanol–water partition coefficient (Wildman–Crippen LogP) is 2.62. The van der Waals surface area contributed by atoms with Gasteiger partial charge in [0.1, 0.15) is 9.84 Å². The second kappa shape index (κ2) is 7.49. The van der Waals surface area contributed by atoms with Gasteiger partial charge in [-0.2, -0.15) is 0 Å². The molecule has 0 heterocycles. The third-order valence-corrected chi connectivity index (χ3v) is 4.94. The summed E-state index contributed by atoms with van der Waals surface area (Å²) in [5.74, 6) is 1.61. The average molecular weight is 275 g/mol. The van der Waals surface area contributed by atoms with Gasteiger partial charge in [-0.3, -0.25) is 0 Å². The fraction of sp³-hybridized carbons (Fsp3) is 1.00. The Morgan fingerprint density at radius 3 is 2.28 bits per heavy atom. The van der Waals surface area contributed by atoms with E-state index in [-0.39, 0.29) is 0 Å². The van der Waals surface area contributed by atoms with Crippen molar-refractivity contribution in [3.8, 4) is 0 Å². The fourth-order valence-corrected chi connectivity index (χ4v) is 3.59. The fourth-order valence-electron chi connectivity index (χ4n) is 2.86. The molecule has 2 atom stereocenters. The molecule has 2 unspecified atom stereocenters. The smallest absolute Gasteiger partial charge is 0.147 e. The molecule has 0 aromatic rings. The molecule has 3 nitrogen and oxygen atoms in total. The van der Waals surface area contributed by atoms with E-state index in [1.165, 1.54) is 38.4 Å². The standard InChI is InChI=1S/C14H29NO2S/c1-12(2)15-11-14-8-6-4-5-7-13(14)9-10-18(3,16)17/h12-15H,4-11H2,1-3H3. The maximum absolute atomic E-state index is 11.3. The lowest BCUT2D eigenvalue weighted by Crippen LogP contribution is -2.32. The van der Waals surface area contributed by atoms with E-state index in [1.807, 2.05) is 0 Å². The third kappa shape index (κ3) is 6.74. The van der Waals surface area contributed by atoms with Crippen LogP contribution in [0, 0.1) is 11.8 Å². The molecule has 0 aromatic carbocycles. The van der Waals surface area contributed by atoms with Gasteiger partial charge in [-0.15, -0.1) is 0 Å². The maximum Gasteiger partial charge on any atom is 0.147 e. The van der Waals surface area contributed by atoms with Gasteiger partial charge in [0, 0.05) is 12.3 Å². The van der Waals surface area contributed by atoms with Crippen LogP contribution in [0.25, 0.3) is 0 Å². The number of nitrogens with one attached hydrogen (secondary N) is 1. The van der Waals surface area contributed by atoms with E-state index in [2.05, 4.69) is 19.2 Å². The van der Waals surface area contributed by atoms with E-state index in [4.69, 9.17) is 0 Å². The van der Waals surface area contributed by atoms with Crippen LogP contribution >= 0.6 is 0 Å². The lowest BCUT2D eigenvalue weighted by atomic mass is 9.86. The molecule has 1 N–H and O–H groups in total. The van der Waals surface area contributed by atoms with Gasteiger partial charge in [0.2, 0.25) is 0 Å². The van der Waals surface area contributed by atoms with Crippen molar-refractivity contribution in [2.75, 3.05) is 18.6 Å². The van der Waals surface area contributed by atoms with Crippen LogP contribution in [0.5, 0.6) is 0 Å². The summed E-state index contributed by atoms with van der Waals surface area (Å²) >= 11 is 0. The quantitative estimate of drug-likeness (QED) is 0.758. The van der Waals surface area contributed by atoms with Gasteiger partial charge < -0.3 is 5.32 Å². The molecule has 1 fully saturated rings.